The number of hydrogen-bond acceptors (Lipinski definition) is 0. The fraction of sp³-hybridized carbons (Fsp3) is 0.719. The Balaban J connectivity index is 1.51. The summed E-state index contributed by atoms with van der Waals surface area (Å²) in [5.41, 5.74) is 1.45. The molecule has 0 aliphatic rings. The van der Waals surface area contributed by atoms with Gasteiger partial charge in [-0.1, -0.05) is 135 Å². The molecule has 0 radical (unpaired) electrons. The van der Waals surface area contributed by atoms with Crippen LogP contribution in [0.4, 0.5) is 0 Å². The Kier molecular flexibility index (Phi) is 15.8. The third-order valence-corrected chi connectivity index (χ3v) is 7.24. The minimum absolute atomic E-state index is 0.572. The molecule has 0 bridgehead atoms. The third kappa shape index (κ3) is 12.2. The van der Waals surface area contributed by atoms with Gasteiger partial charge in [0.25, 0.3) is 5.82 Å². The number of hydrogen-bond donors (Lipinski definition) is 0. The smallest absolute Gasteiger partial charge is 0.234 e. The molecule has 0 saturated heterocycles. The average Bonchev–Trinajstić information content (AvgIpc) is 3.25. The van der Waals surface area contributed by atoms with Crippen LogP contribution in [0.3, 0.4) is 0 Å². The van der Waals surface area contributed by atoms with Crippen LogP contribution in [-0.2, 0) is 19.5 Å². The number of aryl methyl sites for hydroxylation is 3. The normalized spacial score (nSPS) is 11.5. The van der Waals surface area contributed by atoms with Crippen LogP contribution in [0.1, 0.15) is 141 Å². The zero-order valence-corrected chi connectivity index (χ0v) is 22.9. The van der Waals surface area contributed by atoms with Gasteiger partial charge >= 0.3 is 0 Å². The molecule has 2 rings (SSSR count). The van der Waals surface area contributed by atoms with Crippen LogP contribution in [0.15, 0.2) is 42.7 Å². The van der Waals surface area contributed by atoms with E-state index in [1.807, 2.05) is 0 Å². The minimum Gasteiger partial charge on any atom is -0.234 e. The molecule has 0 fully saturated rings. The number of unbranched alkanes of at least 4 members (excludes halogenated alkanes) is 14. The molecular weight excluding hydrogens is 412 g/mol. The van der Waals surface area contributed by atoms with Crippen LogP contribution in [0, 0.1) is 0 Å². The fourth-order valence-electron chi connectivity index (χ4n) is 5.27. The van der Waals surface area contributed by atoms with Crippen LogP contribution in [0.5, 0.6) is 0 Å². The van der Waals surface area contributed by atoms with Crippen molar-refractivity contribution in [3.8, 4) is 0 Å². The van der Waals surface area contributed by atoms with Crippen LogP contribution < -0.4 is 4.57 Å². The van der Waals surface area contributed by atoms with Gasteiger partial charge in [-0.3, -0.25) is 0 Å². The highest BCUT2D eigenvalue weighted by Crippen LogP contribution is 2.15. The number of imidazole rings is 1. The summed E-state index contributed by atoms with van der Waals surface area (Å²) in [5.74, 6) is 2.07. The average molecular weight is 468 g/mol. The van der Waals surface area contributed by atoms with E-state index in [0.29, 0.717) is 5.92 Å². The van der Waals surface area contributed by atoms with Gasteiger partial charge in [0, 0.05) is 0 Å². The lowest BCUT2D eigenvalue weighted by Gasteiger charge is -2.08. The van der Waals surface area contributed by atoms with Crippen molar-refractivity contribution in [2.75, 3.05) is 0 Å². The van der Waals surface area contributed by atoms with E-state index in [-0.39, 0.29) is 0 Å². The van der Waals surface area contributed by atoms with E-state index < -0.39 is 0 Å². The van der Waals surface area contributed by atoms with Crippen molar-refractivity contribution in [2.45, 2.75) is 149 Å². The summed E-state index contributed by atoms with van der Waals surface area (Å²) < 4.78 is 5.02. The first-order valence-electron chi connectivity index (χ1n) is 14.8. The van der Waals surface area contributed by atoms with Crippen molar-refractivity contribution in [3.63, 3.8) is 0 Å². The minimum atomic E-state index is 0.572. The van der Waals surface area contributed by atoms with Crippen LogP contribution in [0.2, 0.25) is 0 Å². The van der Waals surface area contributed by atoms with Gasteiger partial charge in [-0.2, -0.15) is 0 Å². The summed E-state index contributed by atoms with van der Waals surface area (Å²) in [4.78, 5) is 0. The Labute approximate surface area is 212 Å². The van der Waals surface area contributed by atoms with Crippen molar-refractivity contribution in [1.82, 2.24) is 4.57 Å². The monoisotopic (exact) mass is 467 g/mol. The lowest BCUT2D eigenvalue weighted by molar-refractivity contribution is -0.705. The molecule has 0 spiro atoms. The molecule has 0 saturated carbocycles. The van der Waals surface area contributed by atoms with E-state index in [2.05, 4.69) is 72.6 Å². The number of aromatic nitrogens is 2. The predicted molar refractivity (Wildman–Crippen MR) is 148 cm³/mol. The fourth-order valence-corrected chi connectivity index (χ4v) is 5.27. The van der Waals surface area contributed by atoms with Gasteiger partial charge in [0.1, 0.15) is 12.4 Å². The van der Waals surface area contributed by atoms with Crippen molar-refractivity contribution >= 4 is 0 Å². The SMILES string of the molecule is CCCCCCCCCCCCCCCCCn1cc[n+](CCCc2ccccc2)c1C(C)C. The highest BCUT2D eigenvalue weighted by atomic mass is 15.1. The topological polar surface area (TPSA) is 8.81 Å². The molecule has 2 heteroatoms. The second kappa shape index (κ2) is 18.7. The maximum absolute atomic E-state index is 2.52. The lowest BCUT2D eigenvalue weighted by Crippen LogP contribution is -2.38. The molecule has 1 aromatic heterocycles. The summed E-state index contributed by atoms with van der Waals surface area (Å²) in [6.45, 7) is 9.28. The Hall–Kier alpha value is -1.57. The quantitative estimate of drug-likeness (QED) is 0.128. The first-order chi connectivity index (χ1) is 16.7. The first-order valence-corrected chi connectivity index (χ1v) is 14.8. The molecule has 192 valence electrons. The molecule has 2 aromatic rings. The summed E-state index contributed by atoms with van der Waals surface area (Å²) in [6.07, 6.45) is 28.5. The molecule has 1 heterocycles. The Bertz CT molecular complexity index is 716. The molecule has 0 amide bonds. The molecule has 34 heavy (non-hydrogen) atoms. The Morgan fingerprint density at radius 2 is 1.21 bits per heavy atom. The molecule has 1 aromatic carbocycles. The summed E-state index contributed by atoms with van der Waals surface area (Å²) in [6, 6.07) is 10.9. The largest absolute Gasteiger partial charge is 0.258 e. The Morgan fingerprint density at radius 1 is 0.676 bits per heavy atom. The molecule has 0 aliphatic heterocycles. The zero-order valence-electron chi connectivity index (χ0n) is 22.9. The molecule has 0 unspecified atom stereocenters. The maximum Gasteiger partial charge on any atom is 0.258 e. The first kappa shape index (κ1) is 28.7. The van der Waals surface area contributed by atoms with Crippen LogP contribution in [0.25, 0.3) is 0 Å². The highest BCUT2D eigenvalue weighted by molar-refractivity contribution is 5.14. The van der Waals surface area contributed by atoms with Gasteiger partial charge in [0.2, 0.25) is 0 Å². The predicted octanol–water partition coefficient (Wildman–Crippen LogP) is 9.40. The van der Waals surface area contributed by atoms with Crippen molar-refractivity contribution in [1.29, 1.82) is 0 Å². The molecule has 0 N–H and O–H groups in total. The standard InChI is InChI=1S/C32H55N2/c1-4-5-6-7-8-9-10-11-12-13-14-15-16-17-21-26-33-28-29-34(32(33)30(2)3)27-22-25-31-23-19-18-20-24-31/h18-20,23-24,28-30H,4-17,21-22,25-27H2,1-3H3/q+1. The van der Waals surface area contributed by atoms with E-state index in [9.17, 15) is 0 Å². The van der Waals surface area contributed by atoms with Crippen molar-refractivity contribution in [2.24, 2.45) is 0 Å². The van der Waals surface area contributed by atoms with E-state index in [1.165, 1.54) is 121 Å². The molecular formula is C32H55N2+. The summed E-state index contributed by atoms with van der Waals surface area (Å²) in [5, 5.41) is 0. The zero-order chi connectivity index (χ0) is 24.3. The van der Waals surface area contributed by atoms with E-state index in [4.69, 9.17) is 0 Å². The van der Waals surface area contributed by atoms with Gasteiger partial charge in [-0.15, -0.1) is 0 Å². The van der Waals surface area contributed by atoms with E-state index in [0.717, 1.165) is 13.0 Å². The molecule has 0 aliphatic carbocycles. The van der Waals surface area contributed by atoms with Gasteiger partial charge in [-0.05, 0) is 31.2 Å². The number of benzene rings is 1. The van der Waals surface area contributed by atoms with Gasteiger partial charge < -0.3 is 0 Å². The number of nitrogens with zero attached hydrogens (tertiary/aromatic N) is 2. The molecule has 2 nitrogen and oxygen atoms in total. The van der Waals surface area contributed by atoms with Gasteiger partial charge in [0.15, 0.2) is 0 Å². The van der Waals surface area contributed by atoms with Gasteiger partial charge in [-0.25, -0.2) is 9.13 Å². The second-order valence-electron chi connectivity index (χ2n) is 10.7. The van der Waals surface area contributed by atoms with E-state index >= 15 is 0 Å². The highest BCUT2D eigenvalue weighted by Gasteiger charge is 2.20. The number of rotatable bonds is 21. The third-order valence-electron chi connectivity index (χ3n) is 7.24. The summed E-state index contributed by atoms with van der Waals surface area (Å²) >= 11 is 0. The second-order valence-corrected chi connectivity index (χ2v) is 10.7. The van der Waals surface area contributed by atoms with E-state index in [1.54, 1.807) is 0 Å². The lowest BCUT2D eigenvalue weighted by atomic mass is 10.0. The van der Waals surface area contributed by atoms with Crippen LogP contribution >= 0.6 is 0 Å². The Morgan fingerprint density at radius 3 is 1.74 bits per heavy atom. The van der Waals surface area contributed by atoms with Gasteiger partial charge in [0.05, 0.1) is 19.0 Å². The van der Waals surface area contributed by atoms with Crippen LogP contribution in [-0.4, -0.2) is 4.57 Å². The van der Waals surface area contributed by atoms with Crippen molar-refractivity contribution < 1.29 is 4.57 Å². The van der Waals surface area contributed by atoms with Crippen molar-refractivity contribution in [3.05, 3.63) is 54.1 Å². The summed E-state index contributed by atoms with van der Waals surface area (Å²) in [7, 11) is 0. The molecule has 0 atom stereocenters. The maximum atomic E-state index is 2.52.